The largest absolute Gasteiger partial charge is 0.369 e. The van der Waals surface area contributed by atoms with Crippen LogP contribution in [0.2, 0.25) is 0 Å². The van der Waals surface area contributed by atoms with Gasteiger partial charge in [-0.25, -0.2) is 4.79 Å². The second-order valence-corrected chi connectivity index (χ2v) is 9.28. The number of benzene rings is 3. The molecule has 0 atom stereocenters. The van der Waals surface area contributed by atoms with Crippen LogP contribution in [0.5, 0.6) is 0 Å². The van der Waals surface area contributed by atoms with Gasteiger partial charge in [0.1, 0.15) is 0 Å². The van der Waals surface area contributed by atoms with Gasteiger partial charge in [-0.2, -0.15) is 0 Å². The van der Waals surface area contributed by atoms with Gasteiger partial charge in [0.2, 0.25) is 0 Å². The van der Waals surface area contributed by atoms with Crippen molar-refractivity contribution in [1.82, 2.24) is 4.98 Å². The van der Waals surface area contributed by atoms with Crippen LogP contribution in [0.1, 0.15) is 11.3 Å². The predicted octanol–water partition coefficient (Wildman–Crippen LogP) is 7.52. The molecule has 3 N–H and O–H groups in total. The molecule has 2 amide bonds. The molecule has 4 rings (SSSR count). The van der Waals surface area contributed by atoms with Crippen LogP contribution >= 0.6 is 23.2 Å². The molecule has 0 fully saturated rings. The van der Waals surface area contributed by atoms with Crippen molar-refractivity contribution in [3.05, 3.63) is 84.1 Å². The quantitative estimate of drug-likeness (QED) is 0.199. The van der Waals surface area contributed by atoms with Crippen molar-refractivity contribution >= 4 is 68.6 Å². The maximum Gasteiger partial charge on any atom is 0.323 e. The Morgan fingerprint density at radius 3 is 2.25 bits per heavy atom. The van der Waals surface area contributed by atoms with Crippen LogP contribution in [-0.2, 0) is 0 Å². The van der Waals surface area contributed by atoms with Crippen molar-refractivity contribution in [2.75, 3.05) is 45.7 Å². The number of carbonyl (C=O) groups is 1. The van der Waals surface area contributed by atoms with E-state index >= 15 is 0 Å². The molecule has 186 valence electrons. The van der Waals surface area contributed by atoms with Crippen LogP contribution in [-0.4, -0.2) is 35.9 Å². The van der Waals surface area contributed by atoms with Crippen LogP contribution in [0.25, 0.3) is 10.9 Å². The van der Waals surface area contributed by atoms with Gasteiger partial charge < -0.3 is 20.9 Å². The Labute approximate surface area is 221 Å². The van der Waals surface area contributed by atoms with Crippen molar-refractivity contribution in [2.45, 2.75) is 13.8 Å². The van der Waals surface area contributed by atoms with Crippen molar-refractivity contribution < 1.29 is 4.79 Å². The monoisotopic (exact) mass is 521 g/mol. The molecular weight excluding hydrogens is 493 g/mol. The maximum atomic E-state index is 12.6. The number of pyridine rings is 1. The summed E-state index contributed by atoms with van der Waals surface area (Å²) in [6, 6.07) is 23.2. The molecule has 0 bridgehead atoms. The Hall–Kier alpha value is -3.48. The minimum absolute atomic E-state index is 0.320. The molecule has 6 nitrogen and oxygen atoms in total. The van der Waals surface area contributed by atoms with Crippen LogP contribution in [0.3, 0.4) is 0 Å². The van der Waals surface area contributed by atoms with Gasteiger partial charge in [-0.05, 0) is 74.5 Å². The van der Waals surface area contributed by atoms with Gasteiger partial charge in [-0.1, -0.05) is 17.7 Å². The van der Waals surface area contributed by atoms with E-state index in [1.54, 1.807) is 0 Å². The highest BCUT2D eigenvalue weighted by molar-refractivity contribution is 6.18. The number of aromatic nitrogens is 1. The zero-order valence-corrected chi connectivity index (χ0v) is 21.8. The number of nitrogens with one attached hydrogen (secondary N) is 3. The van der Waals surface area contributed by atoms with Crippen LogP contribution in [0, 0.1) is 13.8 Å². The lowest BCUT2D eigenvalue weighted by Crippen LogP contribution is -2.27. The molecule has 0 spiro atoms. The van der Waals surface area contributed by atoms with E-state index in [-0.39, 0.29) is 6.03 Å². The highest BCUT2D eigenvalue weighted by atomic mass is 35.5. The first-order valence-electron chi connectivity index (χ1n) is 11.8. The Morgan fingerprint density at radius 1 is 0.833 bits per heavy atom. The lowest BCUT2D eigenvalue weighted by molar-refractivity contribution is 0.262. The molecule has 36 heavy (non-hydrogen) atoms. The Balaban J connectivity index is 1.43. The van der Waals surface area contributed by atoms with E-state index in [1.807, 2.05) is 67.6 Å². The average Bonchev–Trinajstić information content (AvgIpc) is 2.85. The first kappa shape index (κ1) is 25.6. The number of alkyl halides is 2. The van der Waals surface area contributed by atoms with E-state index in [0.717, 1.165) is 33.7 Å². The topological polar surface area (TPSA) is 69.3 Å². The van der Waals surface area contributed by atoms with Gasteiger partial charge in [0, 0.05) is 64.4 Å². The van der Waals surface area contributed by atoms with Crippen molar-refractivity contribution in [1.29, 1.82) is 0 Å². The standard InChI is InChI=1S/C28H29Cl2N5O/c1-19-6-11-26-25(16-19)27(17-20(2)31-26)32-22-4-3-5-23(18-22)34-28(36)33-21-7-9-24(10-8-21)35(14-12-29)15-13-30/h3-11,16-18H,12-15H2,1-2H3,(H,31,32)(H2,33,34,36). The number of carbonyl (C=O) groups excluding carboxylic acids is 1. The van der Waals surface area contributed by atoms with Gasteiger partial charge in [-0.15, -0.1) is 23.2 Å². The van der Waals surface area contributed by atoms with E-state index in [9.17, 15) is 4.79 Å². The van der Waals surface area contributed by atoms with Crippen LogP contribution in [0.15, 0.2) is 72.8 Å². The van der Waals surface area contributed by atoms with Crippen LogP contribution < -0.4 is 20.9 Å². The minimum atomic E-state index is -0.320. The summed E-state index contributed by atoms with van der Waals surface area (Å²) < 4.78 is 0. The molecular formula is C28H29Cl2N5O. The van der Waals surface area contributed by atoms with Gasteiger partial charge >= 0.3 is 6.03 Å². The fourth-order valence-electron chi connectivity index (χ4n) is 4.03. The molecule has 0 aliphatic carbocycles. The summed E-state index contributed by atoms with van der Waals surface area (Å²) in [5, 5.41) is 10.3. The lowest BCUT2D eigenvalue weighted by atomic mass is 10.1. The van der Waals surface area contributed by atoms with Crippen LogP contribution in [0.4, 0.5) is 33.2 Å². The molecule has 1 aromatic heterocycles. The first-order valence-corrected chi connectivity index (χ1v) is 12.8. The maximum absolute atomic E-state index is 12.6. The highest BCUT2D eigenvalue weighted by Gasteiger charge is 2.09. The van der Waals surface area contributed by atoms with Crippen molar-refractivity contribution in [3.63, 3.8) is 0 Å². The zero-order chi connectivity index (χ0) is 25.5. The van der Waals surface area contributed by atoms with E-state index < -0.39 is 0 Å². The van der Waals surface area contributed by atoms with E-state index in [2.05, 4.69) is 44.9 Å². The van der Waals surface area contributed by atoms with Gasteiger partial charge in [-0.3, -0.25) is 4.98 Å². The fraction of sp³-hybridized carbons (Fsp3) is 0.214. The second kappa shape index (κ2) is 12.0. The van der Waals surface area contributed by atoms with Gasteiger partial charge in [0.25, 0.3) is 0 Å². The van der Waals surface area contributed by atoms with Gasteiger partial charge in [0.15, 0.2) is 0 Å². The third-order valence-corrected chi connectivity index (χ3v) is 6.03. The molecule has 0 unspecified atom stereocenters. The second-order valence-electron chi connectivity index (χ2n) is 8.53. The number of anilines is 5. The number of halogens is 2. The molecule has 0 radical (unpaired) electrons. The van der Waals surface area contributed by atoms with E-state index in [4.69, 9.17) is 23.2 Å². The minimum Gasteiger partial charge on any atom is -0.369 e. The third-order valence-electron chi connectivity index (χ3n) is 5.69. The summed E-state index contributed by atoms with van der Waals surface area (Å²) in [6.07, 6.45) is 0. The molecule has 1 heterocycles. The summed E-state index contributed by atoms with van der Waals surface area (Å²) in [4.78, 5) is 19.4. The summed E-state index contributed by atoms with van der Waals surface area (Å²) in [7, 11) is 0. The first-order chi connectivity index (χ1) is 17.4. The molecule has 0 saturated carbocycles. The predicted molar refractivity (Wildman–Crippen MR) is 154 cm³/mol. The fourth-order valence-corrected chi connectivity index (χ4v) is 4.44. The molecule has 0 aliphatic heterocycles. The third kappa shape index (κ3) is 6.59. The molecule has 0 saturated heterocycles. The number of fused-ring (bicyclic) bond motifs is 1. The summed E-state index contributed by atoms with van der Waals surface area (Å²) >= 11 is 11.8. The van der Waals surface area contributed by atoms with E-state index in [1.165, 1.54) is 5.56 Å². The number of rotatable bonds is 9. The smallest absolute Gasteiger partial charge is 0.323 e. The summed E-state index contributed by atoms with van der Waals surface area (Å²) in [6.45, 7) is 5.46. The SMILES string of the molecule is Cc1ccc2nc(C)cc(Nc3cccc(NC(=O)Nc4ccc(N(CCCl)CCCl)cc4)c3)c2c1. The Kier molecular flexibility index (Phi) is 8.52. The van der Waals surface area contributed by atoms with Crippen molar-refractivity contribution in [3.8, 4) is 0 Å². The summed E-state index contributed by atoms with van der Waals surface area (Å²) in [5.74, 6) is 1.04. The number of aryl methyl sites for hydroxylation is 2. The molecule has 4 aromatic rings. The van der Waals surface area contributed by atoms with Gasteiger partial charge in [0.05, 0.1) is 5.52 Å². The normalized spacial score (nSPS) is 10.8. The molecule has 8 heteroatoms. The number of urea groups is 1. The van der Waals surface area contributed by atoms with Crippen molar-refractivity contribution in [2.24, 2.45) is 0 Å². The Morgan fingerprint density at radius 2 is 1.53 bits per heavy atom. The average molecular weight is 522 g/mol. The lowest BCUT2D eigenvalue weighted by Gasteiger charge is -2.23. The summed E-state index contributed by atoms with van der Waals surface area (Å²) in [5.41, 5.74) is 7.26. The molecule has 3 aromatic carbocycles. The Bertz CT molecular complexity index is 1340. The van der Waals surface area contributed by atoms with E-state index in [0.29, 0.717) is 36.2 Å². The number of amides is 2. The number of hydrogen-bond acceptors (Lipinski definition) is 4. The highest BCUT2D eigenvalue weighted by Crippen LogP contribution is 2.28. The number of hydrogen-bond donors (Lipinski definition) is 3. The molecule has 0 aliphatic rings. The number of nitrogens with zero attached hydrogens (tertiary/aromatic N) is 2. The zero-order valence-electron chi connectivity index (χ0n) is 20.3.